The fourth-order valence-electron chi connectivity index (χ4n) is 1.09. The first-order chi connectivity index (χ1) is 7.04. The van der Waals surface area contributed by atoms with E-state index in [1.165, 1.54) is 6.07 Å². The van der Waals surface area contributed by atoms with Crippen molar-refractivity contribution in [3.63, 3.8) is 0 Å². The summed E-state index contributed by atoms with van der Waals surface area (Å²) in [6, 6.07) is 2.30. The minimum absolute atomic E-state index is 0.147. The zero-order chi connectivity index (χ0) is 11.4. The van der Waals surface area contributed by atoms with Gasteiger partial charge in [0.2, 0.25) is 0 Å². The second kappa shape index (κ2) is 5.45. The van der Waals surface area contributed by atoms with Gasteiger partial charge in [0, 0.05) is 12.6 Å². The van der Waals surface area contributed by atoms with Crippen LogP contribution >= 0.6 is 15.9 Å². The van der Waals surface area contributed by atoms with Crippen molar-refractivity contribution in [1.82, 2.24) is 0 Å². The molecule has 1 nitrogen and oxygen atoms in total. The van der Waals surface area contributed by atoms with Crippen LogP contribution in [0.25, 0.3) is 0 Å². The summed E-state index contributed by atoms with van der Waals surface area (Å²) in [7, 11) is 0. The van der Waals surface area contributed by atoms with Gasteiger partial charge < -0.3 is 5.32 Å². The Morgan fingerprint density at radius 2 is 2.00 bits per heavy atom. The van der Waals surface area contributed by atoms with Crippen LogP contribution in [0.3, 0.4) is 0 Å². The Labute approximate surface area is 97.0 Å². The fourth-order valence-corrected chi connectivity index (χ4v) is 1.40. The summed E-state index contributed by atoms with van der Waals surface area (Å²) >= 11 is 2.93. The summed E-state index contributed by atoms with van der Waals surface area (Å²) in [5, 5.41) is 2.90. The topological polar surface area (TPSA) is 12.0 Å². The maximum atomic E-state index is 13.3. The van der Waals surface area contributed by atoms with Gasteiger partial charge in [0.15, 0.2) is 0 Å². The first-order valence-corrected chi connectivity index (χ1v) is 5.72. The van der Waals surface area contributed by atoms with Gasteiger partial charge in [0.1, 0.15) is 11.6 Å². The van der Waals surface area contributed by atoms with Crippen molar-refractivity contribution in [2.24, 2.45) is 5.92 Å². The molecule has 0 radical (unpaired) electrons. The Hall–Kier alpha value is -0.640. The standard InChI is InChI=1S/C11H14BrF2N/c1-3-7(2)6-15-11-5-9(13)8(12)4-10(11)14/h4-5,7,15H,3,6H2,1-2H3. The molecule has 0 saturated heterocycles. The molecule has 4 heteroatoms. The highest BCUT2D eigenvalue weighted by Gasteiger charge is 2.08. The predicted molar refractivity (Wildman–Crippen MR) is 62.0 cm³/mol. The number of hydrogen-bond donors (Lipinski definition) is 1. The molecule has 0 heterocycles. The number of benzene rings is 1. The average Bonchev–Trinajstić information content (AvgIpc) is 2.21. The molecule has 84 valence electrons. The van der Waals surface area contributed by atoms with Crippen LogP contribution in [0.5, 0.6) is 0 Å². The lowest BCUT2D eigenvalue weighted by Gasteiger charge is -2.12. The van der Waals surface area contributed by atoms with E-state index in [4.69, 9.17) is 0 Å². The lowest BCUT2D eigenvalue weighted by molar-refractivity contribution is 0.577. The summed E-state index contributed by atoms with van der Waals surface area (Å²) in [6.07, 6.45) is 1.01. The van der Waals surface area contributed by atoms with Crippen LogP contribution in [0.15, 0.2) is 16.6 Å². The molecule has 0 saturated carbocycles. The van der Waals surface area contributed by atoms with Crippen molar-refractivity contribution in [3.05, 3.63) is 28.2 Å². The van der Waals surface area contributed by atoms with E-state index in [2.05, 4.69) is 35.1 Å². The van der Waals surface area contributed by atoms with Crippen molar-refractivity contribution < 1.29 is 8.78 Å². The van der Waals surface area contributed by atoms with Gasteiger partial charge in [-0.15, -0.1) is 0 Å². The van der Waals surface area contributed by atoms with Crippen molar-refractivity contribution in [2.45, 2.75) is 20.3 Å². The van der Waals surface area contributed by atoms with Crippen molar-refractivity contribution in [3.8, 4) is 0 Å². The van der Waals surface area contributed by atoms with Crippen LogP contribution in [0.2, 0.25) is 0 Å². The molecule has 0 aliphatic rings. The lowest BCUT2D eigenvalue weighted by atomic mass is 10.1. The Morgan fingerprint density at radius 3 is 2.60 bits per heavy atom. The quantitative estimate of drug-likeness (QED) is 0.814. The normalized spacial score (nSPS) is 12.6. The van der Waals surface area contributed by atoms with Crippen LogP contribution in [0.4, 0.5) is 14.5 Å². The third-order valence-electron chi connectivity index (χ3n) is 2.35. The Balaban J connectivity index is 2.73. The van der Waals surface area contributed by atoms with E-state index in [0.29, 0.717) is 12.5 Å². The van der Waals surface area contributed by atoms with Crippen molar-refractivity contribution >= 4 is 21.6 Å². The highest BCUT2D eigenvalue weighted by molar-refractivity contribution is 9.10. The minimum Gasteiger partial charge on any atom is -0.382 e. The maximum absolute atomic E-state index is 13.3. The average molecular weight is 278 g/mol. The van der Waals surface area contributed by atoms with Gasteiger partial charge in [-0.25, -0.2) is 8.78 Å². The smallest absolute Gasteiger partial charge is 0.147 e. The molecule has 0 fully saturated rings. The first kappa shape index (κ1) is 12.4. The van der Waals surface area contributed by atoms with E-state index in [9.17, 15) is 8.78 Å². The second-order valence-corrected chi connectivity index (χ2v) is 4.49. The van der Waals surface area contributed by atoms with Gasteiger partial charge in [-0.1, -0.05) is 20.3 Å². The van der Waals surface area contributed by atoms with Crippen LogP contribution < -0.4 is 5.32 Å². The highest BCUT2D eigenvalue weighted by atomic mass is 79.9. The summed E-state index contributed by atoms with van der Waals surface area (Å²) in [6.45, 7) is 4.76. The molecule has 1 aromatic carbocycles. The second-order valence-electron chi connectivity index (χ2n) is 3.64. The number of nitrogens with one attached hydrogen (secondary N) is 1. The lowest BCUT2D eigenvalue weighted by Crippen LogP contribution is -2.11. The summed E-state index contributed by atoms with van der Waals surface area (Å²) in [5.41, 5.74) is 0.219. The molecule has 1 aromatic rings. The molecule has 0 bridgehead atoms. The van der Waals surface area contributed by atoms with Crippen LogP contribution in [-0.4, -0.2) is 6.54 Å². The molecule has 1 rings (SSSR count). The molecular weight excluding hydrogens is 264 g/mol. The van der Waals surface area contributed by atoms with Gasteiger partial charge in [-0.05, 0) is 27.9 Å². The molecule has 0 amide bonds. The predicted octanol–water partition coefficient (Wildman–Crippen LogP) is 4.19. The van der Waals surface area contributed by atoms with E-state index >= 15 is 0 Å². The molecule has 0 aliphatic carbocycles. The monoisotopic (exact) mass is 277 g/mol. The van der Waals surface area contributed by atoms with E-state index < -0.39 is 11.6 Å². The third kappa shape index (κ3) is 3.45. The van der Waals surface area contributed by atoms with Crippen molar-refractivity contribution in [1.29, 1.82) is 0 Å². The first-order valence-electron chi connectivity index (χ1n) is 4.93. The van der Waals surface area contributed by atoms with E-state index in [-0.39, 0.29) is 10.2 Å². The number of anilines is 1. The van der Waals surface area contributed by atoms with Gasteiger partial charge >= 0.3 is 0 Å². The van der Waals surface area contributed by atoms with Gasteiger partial charge in [0.05, 0.1) is 10.2 Å². The van der Waals surface area contributed by atoms with Crippen LogP contribution in [0.1, 0.15) is 20.3 Å². The SMILES string of the molecule is CCC(C)CNc1cc(F)c(Br)cc1F. The molecule has 0 spiro atoms. The van der Waals surface area contributed by atoms with E-state index in [1.54, 1.807) is 0 Å². The Morgan fingerprint density at radius 1 is 1.33 bits per heavy atom. The number of hydrogen-bond acceptors (Lipinski definition) is 1. The van der Waals surface area contributed by atoms with Gasteiger partial charge in [-0.3, -0.25) is 0 Å². The van der Waals surface area contributed by atoms with Crippen LogP contribution in [-0.2, 0) is 0 Å². The number of halogens is 3. The molecular formula is C11H14BrF2N. The molecule has 15 heavy (non-hydrogen) atoms. The van der Waals surface area contributed by atoms with Crippen molar-refractivity contribution in [2.75, 3.05) is 11.9 Å². The molecule has 1 N–H and O–H groups in total. The summed E-state index contributed by atoms with van der Waals surface area (Å²) < 4.78 is 26.6. The van der Waals surface area contributed by atoms with E-state index in [0.717, 1.165) is 12.5 Å². The Kier molecular flexibility index (Phi) is 4.51. The third-order valence-corrected chi connectivity index (χ3v) is 2.96. The number of rotatable bonds is 4. The highest BCUT2D eigenvalue weighted by Crippen LogP contribution is 2.23. The molecule has 1 unspecified atom stereocenters. The Bertz CT molecular complexity index is 342. The van der Waals surface area contributed by atoms with Crippen LogP contribution in [0, 0.1) is 17.6 Å². The minimum atomic E-state index is -0.456. The largest absolute Gasteiger partial charge is 0.382 e. The van der Waals surface area contributed by atoms with E-state index in [1.807, 2.05) is 0 Å². The summed E-state index contributed by atoms with van der Waals surface area (Å²) in [5.74, 6) is -0.453. The summed E-state index contributed by atoms with van der Waals surface area (Å²) in [4.78, 5) is 0. The molecule has 0 aromatic heterocycles. The fraction of sp³-hybridized carbons (Fsp3) is 0.455. The molecule has 0 aliphatic heterocycles. The van der Waals surface area contributed by atoms with Gasteiger partial charge in [-0.2, -0.15) is 0 Å². The zero-order valence-corrected chi connectivity index (χ0v) is 10.4. The maximum Gasteiger partial charge on any atom is 0.147 e. The molecule has 1 atom stereocenters. The van der Waals surface area contributed by atoms with Gasteiger partial charge in [0.25, 0.3) is 0 Å². The zero-order valence-electron chi connectivity index (χ0n) is 8.78.